The minimum atomic E-state index is -4.76. The van der Waals surface area contributed by atoms with E-state index in [-0.39, 0.29) is 5.75 Å². The highest BCUT2D eigenvalue weighted by Gasteiger charge is 2.31. The third-order valence-electron chi connectivity index (χ3n) is 5.28. The summed E-state index contributed by atoms with van der Waals surface area (Å²) >= 11 is 0. The lowest BCUT2D eigenvalue weighted by Gasteiger charge is -2.11. The molecule has 0 spiro atoms. The van der Waals surface area contributed by atoms with Crippen molar-refractivity contribution >= 4 is 10.8 Å². The molecular weight excluding hydrogens is 416 g/mol. The summed E-state index contributed by atoms with van der Waals surface area (Å²) in [6, 6.07) is 22.4. The van der Waals surface area contributed by atoms with Crippen molar-refractivity contribution in [2.45, 2.75) is 19.2 Å². The number of fused-ring (bicyclic) bond motifs is 1. The van der Waals surface area contributed by atoms with Crippen LogP contribution in [0.4, 0.5) is 17.6 Å². The van der Waals surface area contributed by atoms with Gasteiger partial charge in [-0.15, -0.1) is 19.8 Å². The fraction of sp³-hybridized carbons (Fsp3) is 0.111. The van der Waals surface area contributed by atoms with Gasteiger partial charge in [0.2, 0.25) is 0 Å². The van der Waals surface area contributed by atoms with Gasteiger partial charge in [0, 0.05) is 10.9 Å². The molecule has 0 unspecified atom stereocenters. The predicted molar refractivity (Wildman–Crippen MR) is 120 cm³/mol. The van der Waals surface area contributed by atoms with E-state index >= 15 is 4.39 Å². The molecule has 0 bridgehead atoms. The zero-order valence-electron chi connectivity index (χ0n) is 17.1. The lowest BCUT2D eigenvalue weighted by molar-refractivity contribution is -0.274. The fourth-order valence-electron chi connectivity index (χ4n) is 3.66. The minimum Gasteiger partial charge on any atom is -0.406 e. The highest BCUT2D eigenvalue weighted by atomic mass is 19.4. The van der Waals surface area contributed by atoms with E-state index in [2.05, 4.69) is 35.6 Å². The molecular formula is C27H20F4O. The highest BCUT2D eigenvalue weighted by Crippen LogP contribution is 2.33. The molecule has 4 rings (SSSR count). The van der Waals surface area contributed by atoms with Crippen LogP contribution in [0.2, 0.25) is 0 Å². The molecule has 0 N–H and O–H groups in total. The molecule has 4 aromatic carbocycles. The van der Waals surface area contributed by atoms with Crippen LogP contribution >= 0.6 is 0 Å². The van der Waals surface area contributed by atoms with Gasteiger partial charge < -0.3 is 4.74 Å². The number of halogens is 4. The number of rotatable bonds is 6. The van der Waals surface area contributed by atoms with Gasteiger partial charge in [0.25, 0.3) is 0 Å². The number of hydrogen-bond donors (Lipinski definition) is 0. The summed E-state index contributed by atoms with van der Waals surface area (Å²) < 4.78 is 56.1. The average Bonchev–Trinajstić information content (AvgIpc) is 2.78. The molecule has 0 amide bonds. The first kappa shape index (κ1) is 21.6. The maximum absolute atomic E-state index is 15.2. The van der Waals surface area contributed by atoms with E-state index in [4.69, 9.17) is 0 Å². The first-order valence-corrected chi connectivity index (χ1v) is 10.1. The molecule has 0 atom stereocenters. The first-order chi connectivity index (χ1) is 15.3. The largest absolute Gasteiger partial charge is 0.573 e. The third kappa shape index (κ3) is 4.83. The number of benzene rings is 4. The highest BCUT2D eigenvalue weighted by molar-refractivity contribution is 5.91. The van der Waals surface area contributed by atoms with E-state index in [9.17, 15) is 13.2 Å². The van der Waals surface area contributed by atoms with E-state index in [0.717, 1.165) is 29.4 Å². The van der Waals surface area contributed by atoms with Gasteiger partial charge in [-0.1, -0.05) is 66.7 Å². The van der Waals surface area contributed by atoms with Gasteiger partial charge in [-0.05, 0) is 58.7 Å². The lowest BCUT2D eigenvalue weighted by atomic mass is 9.96. The zero-order chi connectivity index (χ0) is 22.7. The van der Waals surface area contributed by atoms with Crippen LogP contribution in [-0.2, 0) is 6.42 Å². The van der Waals surface area contributed by atoms with Crippen LogP contribution in [-0.4, -0.2) is 6.36 Å². The Morgan fingerprint density at radius 3 is 2.09 bits per heavy atom. The van der Waals surface area contributed by atoms with Crippen LogP contribution in [0.3, 0.4) is 0 Å². The van der Waals surface area contributed by atoms with Crippen molar-refractivity contribution < 1.29 is 22.3 Å². The summed E-state index contributed by atoms with van der Waals surface area (Å²) in [4.78, 5) is 0. The van der Waals surface area contributed by atoms with Gasteiger partial charge in [-0.3, -0.25) is 0 Å². The van der Waals surface area contributed by atoms with Crippen molar-refractivity contribution in [3.63, 3.8) is 0 Å². The normalized spacial score (nSPS) is 11.5. The maximum atomic E-state index is 15.2. The van der Waals surface area contributed by atoms with E-state index in [0.29, 0.717) is 16.5 Å². The molecule has 5 heteroatoms. The van der Waals surface area contributed by atoms with Crippen molar-refractivity contribution in [2.24, 2.45) is 0 Å². The number of allylic oxidation sites excluding steroid dienone is 1. The van der Waals surface area contributed by atoms with E-state index in [1.54, 1.807) is 12.1 Å². The maximum Gasteiger partial charge on any atom is 0.573 e. The van der Waals surface area contributed by atoms with Crippen LogP contribution in [0, 0.1) is 5.82 Å². The molecule has 0 aliphatic rings. The standard InChI is InChI=1S/C27H20F4O/c1-2-3-4-18-5-7-19(8-6-18)21-11-15-25-22(17-21)12-16-24(26(25)28)20-9-13-23(14-10-20)32-27(29,30)31/h2,5-17H,1,3-4H2. The Morgan fingerprint density at radius 1 is 0.781 bits per heavy atom. The fourth-order valence-corrected chi connectivity index (χ4v) is 3.66. The molecule has 0 fully saturated rings. The second kappa shape index (κ2) is 8.87. The van der Waals surface area contributed by atoms with Gasteiger partial charge in [-0.25, -0.2) is 4.39 Å². The van der Waals surface area contributed by atoms with Crippen molar-refractivity contribution in [1.29, 1.82) is 0 Å². The van der Waals surface area contributed by atoms with Crippen molar-refractivity contribution in [3.8, 4) is 28.0 Å². The number of ether oxygens (including phenoxy) is 1. The van der Waals surface area contributed by atoms with Crippen LogP contribution in [0.1, 0.15) is 12.0 Å². The van der Waals surface area contributed by atoms with Crippen molar-refractivity contribution in [3.05, 3.63) is 103 Å². The molecule has 0 heterocycles. The third-order valence-corrected chi connectivity index (χ3v) is 5.28. The smallest absolute Gasteiger partial charge is 0.406 e. The number of alkyl halides is 3. The van der Waals surface area contributed by atoms with Gasteiger partial charge in [0.15, 0.2) is 0 Å². The SMILES string of the molecule is C=CCCc1ccc(-c2ccc3c(F)c(-c4ccc(OC(F)(F)F)cc4)ccc3c2)cc1. The summed E-state index contributed by atoms with van der Waals surface area (Å²) in [6.45, 7) is 3.74. The Hall–Kier alpha value is -3.60. The molecule has 0 radical (unpaired) electrons. The second-order valence-electron chi connectivity index (χ2n) is 7.46. The van der Waals surface area contributed by atoms with Gasteiger partial charge in [0.05, 0.1) is 0 Å². The number of aryl methyl sites for hydroxylation is 1. The second-order valence-corrected chi connectivity index (χ2v) is 7.46. The summed E-state index contributed by atoms with van der Waals surface area (Å²) in [5.41, 5.74) is 4.04. The Balaban J connectivity index is 1.62. The first-order valence-electron chi connectivity index (χ1n) is 10.1. The molecule has 4 aromatic rings. The lowest BCUT2D eigenvalue weighted by Crippen LogP contribution is -2.16. The molecule has 0 aliphatic carbocycles. The quantitative estimate of drug-likeness (QED) is 0.218. The molecule has 0 aromatic heterocycles. The zero-order valence-corrected chi connectivity index (χ0v) is 17.1. The van der Waals surface area contributed by atoms with Gasteiger partial charge in [0.1, 0.15) is 11.6 Å². The Labute approximate surface area is 183 Å². The summed E-state index contributed by atoms with van der Waals surface area (Å²) in [5.74, 6) is -0.763. The Kier molecular flexibility index (Phi) is 5.99. The van der Waals surface area contributed by atoms with Crippen molar-refractivity contribution in [2.75, 3.05) is 0 Å². The number of hydrogen-bond acceptors (Lipinski definition) is 1. The minimum absolute atomic E-state index is 0.315. The summed E-state index contributed by atoms with van der Waals surface area (Å²) in [7, 11) is 0. The molecule has 162 valence electrons. The molecule has 0 aliphatic heterocycles. The Bertz CT molecular complexity index is 1240. The van der Waals surface area contributed by atoms with E-state index < -0.39 is 12.2 Å². The van der Waals surface area contributed by atoms with Crippen LogP contribution < -0.4 is 4.74 Å². The molecule has 1 nitrogen and oxygen atoms in total. The van der Waals surface area contributed by atoms with Crippen LogP contribution in [0.25, 0.3) is 33.0 Å². The Morgan fingerprint density at radius 2 is 1.44 bits per heavy atom. The van der Waals surface area contributed by atoms with Crippen LogP contribution in [0.15, 0.2) is 91.5 Å². The van der Waals surface area contributed by atoms with Crippen LogP contribution in [0.5, 0.6) is 5.75 Å². The molecule has 0 saturated carbocycles. The summed E-state index contributed by atoms with van der Waals surface area (Å²) in [6.07, 6.45) is -1.00. The monoisotopic (exact) mass is 436 g/mol. The topological polar surface area (TPSA) is 9.23 Å². The summed E-state index contributed by atoms with van der Waals surface area (Å²) in [5, 5.41) is 1.20. The van der Waals surface area contributed by atoms with E-state index in [1.807, 2.05) is 24.3 Å². The molecule has 32 heavy (non-hydrogen) atoms. The van der Waals surface area contributed by atoms with E-state index in [1.165, 1.54) is 29.8 Å². The average molecular weight is 436 g/mol. The predicted octanol–water partition coefficient (Wildman–Crippen LogP) is 8.33. The van der Waals surface area contributed by atoms with Gasteiger partial charge >= 0.3 is 6.36 Å². The molecule has 0 saturated heterocycles. The van der Waals surface area contributed by atoms with Crippen molar-refractivity contribution in [1.82, 2.24) is 0 Å². The van der Waals surface area contributed by atoms with Gasteiger partial charge in [-0.2, -0.15) is 0 Å².